The van der Waals surface area contributed by atoms with Crippen molar-refractivity contribution in [3.8, 4) is 11.5 Å². The van der Waals surface area contributed by atoms with Crippen LogP contribution < -0.4 is 19.5 Å². The minimum atomic E-state index is -3.82. The summed E-state index contributed by atoms with van der Waals surface area (Å²) >= 11 is 0. The molecule has 0 aliphatic carbocycles. The van der Waals surface area contributed by atoms with Crippen LogP contribution in [0.2, 0.25) is 0 Å². The standard InChI is InChI=1S/C16H17N3O5S/c1-19(10-4-7-14(23-2)15(8-10)24-3)25(21,22)11-5-6-12-13(9-11)18-16(20)17-12/h4-9H,1-3H3,(H2,17,18,20). The average Bonchev–Trinajstić information content (AvgIpc) is 2.99. The second-order valence-corrected chi connectivity index (χ2v) is 7.27. The molecule has 0 saturated carbocycles. The first kappa shape index (κ1) is 16.9. The number of anilines is 1. The Bertz CT molecular complexity index is 1080. The van der Waals surface area contributed by atoms with Gasteiger partial charge in [-0.1, -0.05) is 0 Å². The fourth-order valence-electron chi connectivity index (χ4n) is 2.49. The van der Waals surface area contributed by atoms with Gasteiger partial charge in [-0.05, 0) is 30.3 Å². The zero-order valence-corrected chi connectivity index (χ0v) is 14.7. The molecule has 8 nitrogen and oxygen atoms in total. The van der Waals surface area contributed by atoms with E-state index in [-0.39, 0.29) is 4.90 Å². The van der Waals surface area contributed by atoms with Crippen molar-refractivity contribution in [1.29, 1.82) is 0 Å². The third kappa shape index (κ3) is 2.93. The highest BCUT2D eigenvalue weighted by atomic mass is 32.2. The number of methoxy groups -OCH3 is 2. The van der Waals surface area contributed by atoms with Crippen LogP contribution in [0.5, 0.6) is 11.5 Å². The Morgan fingerprint density at radius 1 is 0.920 bits per heavy atom. The molecule has 0 radical (unpaired) electrons. The molecule has 9 heteroatoms. The lowest BCUT2D eigenvalue weighted by Gasteiger charge is -2.20. The van der Waals surface area contributed by atoms with Crippen molar-refractivity contribution in [2.24, 2.45) is 0 Å². The van der Waals surface area contributed by atoms with Gasteiger partial charge in [0.25, 0.3) is 10.0 Å². The van der Waals surface area contributed by atoms with E-state index in [1.54, 1.807) is 24.3 Å². The van der Waals surface area contributed by atoms with Gasteiger partial charge in [0, 0.05) is 13.1 Å². The number of hydrogen-bond acceptors (Lipinski definition) is 5. The van der Waals surface area contributed by atoms with E-state index in [4.69, 9.17) is 9.47 Å². The van der Waals surface area contributed by atoms with E-state index < -0.39 is 15.7 Å². The molecule has 3 aromatic rings. The molecule has 132 valence electrons. The molecule has 0 aliphatic heterocycles. The molecule has 0 atom stereocenters. The third-order valence-electron chi connectivity index (χ3n) is 3.88. The molecule has 0 unspecified atom stereocenters. The zero-order valence-electron chi connectivity index (χ0n) is 13.9. The summed E-state index contributed by atoms with van der Waals surface area (Å²) in [5, 5.41) is 0. The number of hydrogen-bond donors (Lipinski definition) is 2. The van der Waals surface area contributed by atoms with Crippen LogP contribution >= 0.6 is 0 Å². The lowest BCUT2D eigenvalue weighted by Crippen LogP contribution is -2.26. The lowest BCUT2D eigenvalue weighted by molar-refractivity contribution is 0.355. The number of aromatic nitrogens is 2. The van der Waals surface area contributed by atoms with Gasteiger partial charge in [0.05, 0.1) is 35.8 Å². The maximum Gasteiger partial charge on any atom is 0.323 e. The molecule has 0 fully saturated rings. The molecule has 0 amide bonds. The largest absolute Gasteiger partial charge is 0.493 e. The van der Waals surface area contributed by atoms with Crippen LogP contribution in [0.1, 0.15) is 0 Å². The topological polar surface area (TPSA) is 104 Å². The number of nitrogens with zero attached hydrogens (tertiary/aromatic N) is 1. The van der Waals surface area contributed by atoms with E-state index in [9.17, 15) is 13.2 Å². The fraction of sp³-hybridized carbons (Fsp3) is 0.188. The van der Waals surface area contributed by atoms with Crippen LogP contribution in [0.3, 0.4) is 0 Å². The second kappa shape index (κ2) is 6.17. The predicted molar refractivity (Wildman–Crippen MR) is 94.1 cm³/mol. The first-order valence-corrected chi connectivity index (χ1v) is 8.74. The molecule has 0 spiro atoms. The summed E-state index contributed by atoms with van der Waals surface area (Å²) in [6.45, 7) is 0. The van der Waals surface area contributed by atoms with Crippen LogP contribution in [-0.2, 0) is 10.0 Å². The molecule has 2 N–H and O–H groups in total. The van der Waals surface area contributed by atoms with Gasteiger partial charge in [-0.2, -0.15) is 0 Å². The number of H-pyrrole nitrogens is 2. The Morgan fingerprint density at radius 3 is 2.28 bits per heavy atom. The van der Waals surface area contributed by atoms with E-state index in [1.165, 1.54) is 33.4 Å². The third-order valence-corrected chi connectivity index (χ3v) is 5.66. The quantitative estimate of drug-likeness (QED) is 0.718. The maximum atomic E-state index is 12.9. The summed E-state index contributed by atoms with van der Waals surface area (Å²) in [6, 6.07) is 9.23. The van der Waals surface area contributed by atoms with Crippen molar-refractivity contribution in [3.63, 3.8) is 0 Å². The Balaban J connectivity index is 2.04. The minimum Gasteiger partial charge on any atom is -0.493 e. The number of imidazole rings is 1. The second-order valence-electron chi connectivity index (χ2n) is 5.30. The number of aromatic amines is 2. The van der Waals surface area contributed by atoms with Gasteiger partial charge >= 0.3 is 5.69 Å². The van der Waals surface area contributed by atoms with Crippen LogP contribution in [0, 0.1) is 0 Å². The van der Waals surface area contributed by atoms with Gasteiger partial charge in [-0.3, -0.25) is 4.31 Å². The Morgan fingerprint density at radius 2 is 1.60 bits per heavy atom. The van der Waals surface area contributed by atoms with Crippen molar-refractivity contribution in [1.82, 2.24) is 9.97 Å². The van der Waals surface area contributed by atoms with E-state index >= 15 is 0 Å². The molecule has 0 aliphatic rings. The van der Waals surface area contributed by atoms with Crippen LogP contribution in [-0.4, -0.2) is 39.7 Å². The summed E-state index contributed by atoms with van der Waals surface area (Å²) in [7, 11) is 0.611. The number of benzene rings is 2. The van der Waals surface area contributed by atoms with Gasteiger partial charge in [-0.25, -0.2) is 13.2 Å². The normalized spacial score (nSPS) is 11.5. The summed E-state index contributed by atoms with van der Waals surface area (Å²) in [6.07, 6.45) is 0. The number of nitrogens with one attached hydrogen (secondary N) is 2. The summed E-state index contributed by atoms with van der Waals surface area (Å²) in [5.41, 5.74) is 0.989. The van der Waals surface area contributed by atoms with Crippen molar-refractivity contribution >= 4 is 26.7 Å². The van der Waals surface area contributed by atoms with E-state index in [0.717, 1.165) is 4.31 Å². The molecule has 25 heavy (non-hydrogen) atoms. The molecular weight excluding hydrogens is 346 g/mol. The van der Waals surface area contributed by atoms with E-state index in [2.05, 4.69) is 9.97 Å². The van der Waals surface area contributed by atoms with Crippen LogP contribution in [0.15, 0.2) is 46.1 Å². The molecule has 1 aromatic heterocycles. The number of fused-ring (bicyclic) bond motifs is 1. The van der Waals surface area contributed by atoms with E-state index in [1.807, 2.05) is 0 Å². The maximum absolute atomic E-state index is 12.9. The summed E-state index contributed by atoms with van der Waals surface area (Å²) in [5.74, 6) is 0.927. The minimum absolute atomic E-state index is 0.0625. The SMILES string of the molecule is COc1ccc(N(C)S(=O)(=O)c2ccc3[nH]c(=O)[nH]c3c2)cc1OC. The van der Waals surface area contributed by atoms with Gasteiger partial charge in [-0.15, -0.1) is 0 Å². The smallest absolute Gasteiger partial charge is 0.323 e. The zero-order chi connectivity index (χ0) is 18.2. The number of ether oxygens (including phenoxy) is 2. The molecular formula is C16H17N3O5S. The lowest BCUT2D eigenvalue weighted by atomic mass is 10.3. The fourth-order valence-corrected chi connectivity index (χ4v) is 3.70. The van der Waals surface area contributed by atoms with Crippen LogP contribution in [0.4, 0.5) is 5.69 Å². The Kier molecular flexibility index (Phi) is 4.17. The highest BCUT2D eigenvalue weighted by molar-refractivity contribution is 7.92. The van der Waals surface area contributed by atoms with Gasteiger partial charge in [0.2, 0.25) is 0 Å². The first-order valence-electron chi connectivity index (χ1n) is 7.30. The average molecular weight is 363 g/mol. The predicted octanol–water partition coefficient (Wildman–Crippen LogP) is 1.70. The van der Waals surface area contributed by atoms with Gasteiger partial charge in [0.15, 0.2) is 11.5 Å². The molecule has 0 saturated heterocycles. The molecule has 2 aromatic carbocycles. The Labute approximate surface area is 144 Å². The molecule has 1 heterocycles. The van der Waals surface area contributed by atoms with E-state index in [0.29, 0.717) is 28.2 Å². The summed E-state index contributed by atoms with van der Waals surface area (Å²) < 4.78 is 37.3. The first-order chi connectivity index (χ1) is 11.9. The molecule has 3 rings (SSSR count). The van der Waals surface area contributed by atoms with Crippen molar-refractivity contribution in [3.05, 3.63) is 46.9 Å². The highest BCUT2D eigenvalue weighted by Crippen LogP contribution is 2.33. The van der Waals surface area contributed by atoms with Crippen molar-refractivity contribution in [2.75, 3.05) is 25.6 Å². The Hall–Kier alpha value is -2.94. The number of rotatable bonds is 5. The summed E-state index contributed by atoms with van der Waals surface area (Å²) in [4.78, 5) is 16.5. The highest BCUT2D eigenvalue weighted by Gasteiger charge is 2.23. The van der Waals surface area contributed by atoms with Crippen LogP contribution in [0.25, 0.3) is 11.0 Å². The monoisotopic (exact) mass is 363 g/mol. The number of sulfonamides is 1. The van der Waals surface area contributed by atoms with Gasteiger partial charge in [0.1, 0.15) is 0 Å². The van der Waals surface area contributed by atoms with Gasteiger partial charge < -0.3 is 19.4 Å². The molecule has 0 bridgehead atoms. The van der Waals surface area contributed by atoms with Crippen molar-refractivity contribution in [2.45, 2.75) is 4.90 Å². The van der Waals surface area contributed by atoms with Crippen molar-refractivity contribution < 1.29 is 17.9 Å².